The van der Waals surface area contributed by atoms with E-state index in [0.29, 0.717) is 18.8 Å². The number of pyridine rings is 1. The monoisotopic (exact) mass is 257 g/mol. The van der Waals surface area contributed by atoms with E-state index in [1.165, 1.54) is 0 Å². The lowest BCUT2D eigenvalue weighted by molar-refractivity contribution is 0.177. The Kier molecular flexibility index (Phi) is 4.93. The van der Waals surface area contributed by atoms with Gasteiger partial charge >= 0.3 is 0 Å². The van der Waals surface area contributed by atoms with Gasteiger partial charge in [0.05, 0.1) is 18.9 Å². The lowest BCUT2D eigenvalue weighted by atomic mass is 10.0. The van der Waals surface area contributed by atoms with Gasteiger partial charge in [-0.1, -0.05) is 37.3 Å². The molecule has 1 aromatic carbocycles. The first-order valence-corrected chi connectivity index (χ1v) is 6.59. The van der Waals surface area contributed by atoms with Crippen molar-refractivity contribution < 1.29 is 9.84 Å². The van der Waals surface area contributed by atoms with E-state index >= 15 is 0 Å². The van der Waals surface area contributed by atoms with Gasteiger partial charge in [-0.25, -0.2) is 0 Å². The molecule has 0 amide bonds. The molecule has 100 valence electrons. The van der Waals surface area contributed by atoms with E-state index in [1.807, 2.05) is 36.4 Å². The quantitative estimate of drug-likeness (QED) is 0.864. The zero-order chi connectivity index (χ0) is 13.5. The van der Waals surface area contributed by atoms with Crippen LogP contribution >= 0.6 is 0 Å². The number of ether oxygens (including phenoxy) is 1. The van der Waals surface area contributed by atoms with Gasteiger partial charge < -0.3 is 9.84 Å². The van der Waals surface area contributed by atoms with Crippen molar-refractivity contribution in [2.75, 3.05) is 6.61 Å². The molecule has 0 bridgehead atoms. The molecular formula is C16H19NO2. The molecule has 3 heteroatoms. The summed E-state index contributed by atoms with van der Waals surface area (Å²) in [4.78, 5) is 4.12. The molecule has 2 rings (SSSR count). The number of rotatable bonds is 6. The van der Waals surface area contributed by atoms with Crippen LogP contribution in [-0.2, 0) is 6.42 Å². The molecule has 1 N–H and O–H groups in total. The third-order valence-electron chi connectivity index (χ3n) is 2.86. The van der Waals surface area contributed by atoms with Gasteiger partial charge in [0.2, 0.25) is 0 Å². The Balaban J connectivity index is 2.04. The van der Waals surface area contributed by atoms with Crippen LogP contribution in [0.1, 0.15) is 30.6 Å². The first-order valence-electron chi connectivity index (χ1n) is 6.59. The highest BCUT2D eigenvalue weighted by molar-refractivity contribution is 5.27. The molecule has 1 unspecified atom stereocenters. The lowest BCUT2D eigenvalue weighted by Crippen LogP contribution is -2.03. The van der Waals surface area contributed by atoms with Crippen molar-refractivity contribution in [1.82, 2.24) is 4.98 Å². The number of aromatic nitrogens is 1. The van der Waals surface area contributed by atoms with Crippen molar-refractivity contribution in [2.24, 2.45) is 0 Å². The van der Waals surface area contributed by atoms with Crippen molar-refractivity contribution in [3.8, 4) is 5.75 Å². The predicted octanol–water partition coefficient (Wildman–Crippen LogP) is 3.15. The normalized spacial score (nSPS) is 12.1. The molecule has 0 saturated carbocycles. The Hall–Kier alpha value is -1.87. The highest BCUT2D eigenvalue weighted by Crippen LogP contribution is 2.21. The van der Waals surface area contributed by atoms with E-state index in [4.69, 9.17) is 4.74 Å². The van der Waals surface area contributed by atoms with E-state index in [-0.39, 0.29) is 0 Å². The highest BCUT2D eigenvalue weighted by atomic mass is 16.5. The zero-order valence-electron chi connectivity index (χ0n) is 11.1. The molecule has 2 aromatic rings. The molecule has 0 fully saturated rings. The van der Waals surface area contributed by atoms with Crippen molar-refractivity contribution in [3.05, 3.63) is 59.9 Å². The van der Waals surface area contributed by atoms with Gasteiger partial charge in [-0.15, -0.1) is 0 Å². The molecule has 0 radical (unpaired) electrons. The Labute approximate surface area is 113 Å². The molecule has 0 aliphatic rings. The molecule has 0 spiro atoms. The van der Waals surface area contributed by atoms with Crippen LogP contribution < -0.4 is 4.74 Å². The Morgan fingerprint density at radius 3 is 2.74 bits per heavy atom. The topological polar surface area (TPSA) is 42.4 Å². The molecule has 0 aliphatic heterocycles. The Morgan fingerprint density at radius 2 is 2.00 bits per heavy atom. The van der Waals surface area contributed by atoms with Gasteiger partial charge in [0, 0.05) is 18.2 Å². The highest BCUT2D eigenvalue weighted by Gasteiger charge is 2.10. The summed E-state index contributed by atoms with van der Waals surface area (Å²) in [5.41, 5.74) is 1.90. The van der Waals surface area contributed by atoms with Crippen LogP contribution in [0.25, 0.3) is 0 Å². The van der Waals surface area contributed by atoms with Crippen LogP contribution in [-0.4, -0.2) is 16.7 Å². The Morgan fingerprint density at radius 1 is 1.21 bits per heavy atom. The number of nitrogens with zero attached hydrogens (tertiary/aromatic N) is 1. The number of aliphatic hydroxyl groups is 1. The van der Waals surface area contributed by atoms with Gasteiger partial charge in [-0.05, 0) is 18.1 Å². The summed E-state index contributed by atoms with van der Waals surface area (Å²) in [5.74, 6) is 0.714. The fraction of sp³-hybridized carbons (Fsp3) is 0.312. The van der Waals surface area contributed by atoms with Crippen LogP contribution in [0.5, 0.6) is 5.75 Å². The molecule has 19 heavy (non-hydrogen) atoms. The SMILES string of the molecule is CCCOc1cncc(C(O)Cc2ccccc2)c1. The number of aliphatic hydroxyl groups excluding tert-OH is 1. The smallest absolute Gasteiger partial charge is 0.137 e. The summed E-state index contributed by atoms with van der Waals surface area (Å²) in [5, 5.41) is 10.2. The molecule has 1 heterocycles. The maximum atomic E-state index is 10.2. The summed E-state index contributed by atoms with van der Waals surface area (Å²) in [7, 11) is 0. The molecule has 1 aromatic heterocycles. The van der Waals surface area contributed by atoms with Crippen LogP contribution in [0.2, 0.25) is 0 Å². The summed E-state index contributed by atoms with van der Waals surface area (Å²) < 4.78 is 5.52. The minimum Gasteiger partial charge on any atom is -0.492 e. The second-order valence-corrected chi connectivity index (χ2v) is 4.51. The van der Waals surface area contributed by atoms with Gasteiger partial charge in [0.15, 0.2) is 0 Å². The van der Waals surface area contributed by atoms with E-state index in [9.17, 15) is 5.11 Å². The second kappa shape index (κ2) is 6.90. The first kappa shape index (κ1) is 13.6. The van der Waals surface area contributed by atoms with Crippen LogP contribution in [0.3, 0.4) is 0 Å². The van der Waals surface area contributed by atoms with E-state index in [2.05, 4.69) is 11.9 Å². The van der Waals surface area contributed by atoms with Gasteiger partial charge in [0.25, 0.3) is 0 Å². The fourth-order valence-electron chi connectivity index (χ4n) is 1.87. The molecule has 1 atom stereocenters. The van der Waals surface area contributed by atoms with Gasteiger partial charge in [-0.2, -0.15) is 0 Å². The summed E-state index contributed by atoms with van der Waals surface area (Å²) in [6.45, 7) is 2.72. The summed E-state index contributed by atoms with van der Waals surface area (Å²) >= 11 is 0. The van der Waals surface area contributed by atoms with E-state index in [0.717, 1.165) is 17.5 Å². The average Bonchev–Trinajstić information content (AvgIpc) is 2.46. The zero-order valence-corrected chi connectivity index (χ0v) is 11.1. The maximum absolute atomic E-state index is 10.2. The van der Waals surface area contributed by atoms with Crippen molar-refractivity contribution in [1.29, 1.82) is 0 Å². The molecule has 0 aliphatic carbocycles. The molecule has 0 saturated heterocycles. The lowest BCUT2D eigenvalue weighted by Gasteiger charge is -2.12. The molecular weight excluding hydrogens is 238 g/mol. The van der Waals surface area contributed by atoms with Gasteiger partial charge in [0.1, 0.15) is 5.75 Å². The first-order chi connectivity index (χ1) is 9.29. The number of hydrogen-bond acceptors (Lipinski definition) is 3. The van der Waals surface area contributed by atoms with Gasteiger partial charge in [-0.3, -0.25) is 4.98 Å². The van der Waals surface area contributed by atoms with E-state index < -0.39 is 6.10 Å². The maximum Gasteiger partial charge on any atom is 0.137 e. The minimum absolute atomic E-state index is 0.555. The third-order valence-corrected chi connectivity index (χ3v) is 2.86. The number of hydrogen-bond donors (Lipinski definition) is 1. The van der Waals surface area contributed by atoms with Crippen molar-refractivity contribution >= 4 is 0 Å². The predicted molar refractivity (Wildman–Crippen MR) is 75.1 cm³/mol. The van der Waals surface area contributed by atoms with Crippen LogP contribution in [0, 0.1) is 0 Å². The standard InChI is InChI=1S/C16H19NO2/c1-2-8-19-15-10-14(11-17-12-15)16(18)9-13-6-4-3-5-7-13/h3-7,10-12,16,18H,2,8-9H2,1H3. The summed E-state index contributed by atoms with van der Waals surface area (Å²) in [6, 6.07) is 11.8. The van der Waals surface area contributed by atoms with Crippen molar-refractivity contribution in [3.63, 3.8) is 0 Å². The Bertz CT molecular complexity index is 499. The third kappa shape index (κ3) is 4.07. The largest absolute Gasteiger partial charge is 0.492 e. The second-order valence-electron chi connectivity index (χ2n) is 4.51. The van der Waals surface area contributed by atoms with Crippen LogP contribution in [0.15, 0.2) is 48.8 Å². The number of benzene rings is 1. The average molecular weight is 257 g/mol. The van der Waals surface area contributed by atoms with E-state index in [1.54, 1.807) is 12.4 Å². The summed E-state index contributed by atoms with van der Waals surface area (Å²) in [6.07, 6.45) is 4.34. The molecule has 3 nitrogen and oxygen atoms in total. The minimum atomic E-state index is -0.555. The fourth-order valence-corrected chi connectivity index (χ4v) is 1.87. The van der Waals surface area contributed by atoms with Crippen molar-refractivity contribution in [2.45, 2.75) is 25.9 Å². The van der Waals surface area contributed by atoms with Crippen LogP contribution in [0.4, 0.5) is 0 Å².